The van der Waals surface area contributed by atoms with Gasteiger partial charge in [0.05, 0.1) is 0 Å². The van der Waals surface area contributed by atoms with Crippen LogP contribution in [0.3, 0.4) is 0 Å². The monoisotopic (exact) mass is 429 g/mol. The van der Waals surface area contributed by atoms with Crippen LogP contribution in [-0.4, -0.2) is 34.4 Å². The van der Waals surface area contributed by atoms with E-state index in [1.54, 1.807) is 0 Å². The molecule has 0 spiro atoms. The molecule has 1 aromatic carbocycles. The molecule has 2 heterocycles. The van der Waals surface area contributed by atoms with Gasteiger partial charge in [0.2, 0.25) is 0 Å². The van der Waals surface area contributed by atoms with Crippen molar-refractivity contribution >= 4 is 42.1 Å². The lowest BCUT2D eigenvalue weighted by atomic mass is 9.96. The number of carbonyl (C=O) groups is 1. The first-order valence-corrected chi connectivity index (χ1v) is 9.97. The molecule has 1 amide bonds. The van der Waals surface area contributed by atoms with E-state index in [9.17, 15) is 4.79 Å². The van der Waals surface area contributed by atoms with Gasteiger partial charge in [-0.25, -0.2) is 4.98 Å². The molecule has 0 bridgehead atoms. The van der Waals surface area contributed by atoms with Gasteiger partial charge in [-0.1, -0.05) is 38.1 Å². The highest BCUT2D eigenvalue weighted by atomic mass is 35.5. The molecule has 0 aliphatic carbocycles. The molecule has 7 heteroatoms. The number of nitrogens with zero attached hydrogens (tertiary/aromatic N) is 2. The lowest BCUT2D eigenvalue weighted by molar-refractivity contribution is 0.0578. The van der Waals surface area contributed by atoms with E-state index in [4.69, 9.17) is 5.73 Å². The van der Waals surface area contributed by atoms with Crippen LogP contribution in [0.4, 0.5) is 0 Å². The number of hydrogen-bond donors (Lipinski definition) is 1. The summed E-state index contributed by atoms with van der Waals surface area (Å²) in [6.07, 6.45) is 3.17. The summed E-state index contributed by atoms with van der Waals surface area (Å²) in [7, 11) is 0. The number of likely N-dealkylation sites (tertiary alicyclic amines) is 1. The Morgan fingerprint density at radius 1 is 1.19 bits per heavy atom. The molecule has 0 radical (unpaired) electrons. The number of nitrogens with two attached hydrogens (primary N) is 1. The van der Waals surface area contributed by atoms with E-state index >= 15 is 0 Å². The van der Waals surface area contributed by atoms with Crippen molar-refractivity contribution in [2.24, 2.45) is 5.73 Å². The maximum Gasteiger partial charge on any atom is 0.273 e. The van der Waals surface area contributed by atoms with Gasteiger partial charge in [-0.2, -0.15) is 0 Å². The normalized spacial score (nSPS) is 17.8. The van der Waals surface area contributed by atoms with Gasteiger partial charge in [-0.05, 0) is 37.7 Å². The van der Waals surface area contributed by atoms with Crippen molar-refractivity contribution in [2.75, 3.05) is 6.54 Å². The third-order valence-electron chi connectivity index (χ3n) is 4.96. The Balaban J connectivity index is 0.00000182. The first kappa shape index (κ1) is 23.9. The first-order valence-electron chi connectivity index (χ1n) is 9.09. The van der Waals surface area contributed by atoms with Crippen molar-refractivity contribution in [3.63, 3.8) is 0 Å². The minimum Gasteiger partial charge on any atom is -0.333 e. The van der Waals surface area contributed by atoms with E-state index in [1.165, 1.54) is 16.9 Å². The quantitative estimate of drug-likeness (QED) is 0.733. The summed E-state index contributed by atoms with van der Waals surface area (Å²) in [5.74, 6) is 0.528. The number of rotatable bonds is 4. The molecule has 1 aliphatic rings. The number of hydrogen-bond acceptors (Lipinski definition) is 4. The average molecular weight is 430 g/mol. The lowest BCUT2D eigenvalue weighted by Gasteiger charge is -2.37. The van der Waals surface area contributed by atoms with Crippen LogP contribution in [0.25, 0.3) is 10.6 Å². The standard InChI is InChI=1S/C20H27N3OS.2ClH/c1-13(2)15-7-9-16(10-8-15)19-22-17(12-25-19)20(24)23-11-5-4-6-18(23)14(3)21;;/h7-10,12-14,18H,4-6,11,21H2,1-3H3;2*1H. The van der Waals surface area contributed by atoms with E-state index < -0.39 is 0 Å². The Morgan fingerprint density at radius 2 is 1.85 bits per heavy atom. The Morgan fingerprint density at radius 3 is 2.44 bits per heavy atom. The zero-order valence-corrected chi connectivity index (χ0v) is 18.5. The van der Waals surface area contributed by atoms with Gasteiger partial charge in [0.1, 0.15) is 10.7 Å². The molecule has 3 rings (SSSR count). The number of piperidine rings is 1. The molecular weight excluding hydrogens is 401 g/mol. The van der Waals surface area contributed by atoms with E-state index in [2.05, 4.69) is 43.1 Å². The predicted octanol–water partition coefficient (Wildman–Crippen LogP) is 5.12. The number of halogens is 2. The van der Waals surface area contributed by atoms with Crippen LogP contribution in [0.15, 0.2) is 29.6 Å². The highest BCUT2D eigenvalue weighted by Crippen LogP contribution is 2.28. The Hall–Kier alpha value is -1.14. The molecule has 0 saturated carbocycles. The molecule has 150 valence electrons. The van der Waals surface area contributed by atoms with Crippen LogP contribution in [0.1, 0.15) is 62.0 Å². The first-order chi connectivity index (χ1) is 12.0. The molecular formula is C20H29Cl2N3OS. The van der Waals surface area contributed by atoms with E-state index in [0.29, 0.717) is 11.6 Å². The van der Waals surface area contributed by atoms with Gasteiger partial charge < -0.3 is 10.6 Å². The third kappa shape index (κ3) is 5.44. The highest BCUT2D eigenvalue weighted by Gasteiger charge is 2.31. The van der Waals surface area contributed by atoms with Crippen LogP contribution in [0, 0.1) is 0 Å². The van der Waals surface area contributed by atoms with Gasteiger partial charge in [0.25, 0.3) is 5.91 Å². The molecule has 2 unspecified atom stereocenters. The Labute approximate surface area is 178 Å². The van der Waals surface area contributed by atoms with Crippen molar-refractivity contribution in [3.05, 3.63) is 40.9 Å². The van der Waals surface area contributed by atoms with Crippen LogP contribution in [0.5, 0.6) is 0 Å². The number of thiazole rings is 1. The van der Waals surface area contributed by atoms with E-state index in [0.717, 1.165) is 36.4 Å². The third-order valence-corrected chi connectivity index (χ3v) is 5.86. The van der Waals surface area contributed by atoms with Crippen LogP contribution >= 0.6 is 36.2 Å². The fourth-order valence-electron chi connectivity index (χ4n) is 3.42. The zero-order chi connectivity index (χ0) is 18.0. The van der Waals surface area contributed by atoms with Crippen molar-refractivity contribution in [3.8, 4) is 10.6 Å². The lowest BCUT2D eigenvalue weighted by Crippen LogP contribution is -2.51. The minimum atomic E-state index is -0.00839. The SMILES string of the molecule is CC(C)c1ccc(-c2nc(C(=O)N3CCCCC3C(C)N)cs2)cc1.Cl.Cl. The fraction of sp³-hybridized carbons (Fsp3) is 0.500. The van der Waals surface area contributed by atoms with Gasteiger partial charge in [0, 0.05) is 29.6 Å². The summed E-state index contributed by atoms with van der Waals surface area (Å²) in [4.78, 5) is 19.5. The van der Waals surface area contributed by atoms with Gasteiger partial charge in [-0.3, -0.25) is 4.79 Å². The maximum absolute atomic E-state index is 12.9. The second-order valence-electron chi connectivity index (χ2n) is 7.24. The molecule has 1 aromatic heterocycles. The number of amides is 1. The fourth-order valence-corrected chi connectivity index (χ4v) is 4.22. The topological polar surface area (TPSA) is 59.2 Å². The molecule has 4 nitrogen and oxygen atoms in total. The van der Waals surface area contributed by atoms with Crippen molar-refractivity contribution in [2.45, 2.75) is 58.0 Å². The Bertz CT molecular complexity index is 731. The summed E-state index contributed by atoms with van der Waals surface area (Å²) in [5.41, 5.74) is 9.01. The summed E-state index contributed by atoms with van der Waals surface area (Å²) >= 11 is 1.53. The average Bonchev–Trinajstić information content (AvgIpc) is 3.11. The predicted molar refractivity (Wildman–Crippen MR) is 118 cm³/mol. The summed E-state index contributed by atoms with van der Waals surface area (Å²) in [5, 5.41) is 2.77. The molecule has 27 heavy (non-hydrogen) atoms. The highest BCUT2D eigenvalue weighted by molar-refractivity contribution is 7.13. The van der Waals surface area contributed by atoms with Crippen molar-refractivity contribution in [1.29, 1.82) is 0 Å². The van der Waals surface area contributed by atoms with Crippen LogP contribution in [-0.2, 0) is 0 Å². The molecule has 1 fully saturated rings. The largest absolute Gasteiger partial charge is 0.333 e. The van der Waals surface area contributed by atoms with Crippen LogP contribution < -0.4 is 5.73 Å². The van der Waals surface area contributed by atoms with Crippen molar-refractivity contribution in [1.82, 2.24) is 9.88 Å². The number of aromatic nitrogens is 1. The maximum atomic E-state index is 12.9. The minimum absolute atomic E-state index is 0. The zero-order valence-electron chi connectivity index (χ0n) is 16.1. The number of carbonyl (C=O) groups excluding carboxylic acids is 1. The van der Waals surface area contributed by atoms with Crippen molar-refractivity contribution < 1.29 is 4.79 Å². The summed E-state index contributed by atoms with van der Waals surface area (Å²) in [6.45, 7) is 7.13. The second-order valence-corrected chi connectivity index (χ2v) is 8.09. The second kappa shape index (κ2) is 10.4. The molecule has 1 saturated heterocycles. The molecule has 1 aliphatic heterocycles. The van der Waals surface area contributed by atoms with Gasteiger partial charge >= 0.3 is 0 Å². The van der Waals surface area contributed by atoms with E-state index in [1.807, 2.05) is 17.2 Å². The number of benzene rings is 1. The smallest absolute Gasteiger partial charge is 0.273 e. The van der Waals surface area contributed by atoms with Gasteiger partial charge in [0.15, 0.2) is 0 Å². The Kier molecular flexibility index (Phi) is 9.22. The van der Waals surface area contributed by atoms with E-state index in [-0.39, 0.29) is 42.8 Å². The molecule has 2 atom stereocenters. The van der Waals surface area contributed by atoms with Crippen LogP contribution in [0.2, 0.25) is 0 Å². The van der Waals surface area contributed by atoms with Gasteiger partial charge in [-0.15, -0.1) is 36.2 Å². The molecule has 2 aromatic rings. The summed E-state index contributed by atoms with van der Waals surface area (Å²) < 4.78 is 0. The molecule has 2 N–H and O–H groups in total. The summed E-state index contributed by atoms with van der Waals surface area (Å²) in [6, 6.07) is 8.57.